The summed E-state index contributed by atoms with van der Waals surface area (Å²) in [6.45, 7) is 5.06. The van der Waals surface area contributed by atoms with E-state index in [0.717, 1.165) is 25.4 Å². The SMILES string of the molecule is CC1CC(Nc2ccc(OCCN(C)C)cc2)CN1C. The third kappa shape index (κ3) is 4.39. The maximum Gasteiger partial charge on any atom is 0.119 e. The third-order valence-electron chi connectivity index (χ3n) is 3.92. The molecule has 2 atom stereocenters. The van der Waals surface area contributed by atoms with Crippen LogP contribution in [0.3, 0.4) is 0 Å². The van der Waals surface area contributed by atoms with Crippen molar-refractivity contribution >= 4 is 5.69 Å². The lowest BCUT2D eigenvalue weighted by molar-refractivity contribution is 0.261. The van der Waals surface area contributed by atoms with Crippen molar-refractivity contribution in [2.75, 3.05) is 46.2 Å². The van der Waals surface area contributed by atoms with Gasteiger partial charge in [0.05, 0.1) is 0 Å². The lowest BCUT2D eigenvalue weighted by Crippen LogP contribution is -2.24. The van der Waals surface area contributed by atoms with Gasteiger partial charge in [0.25, 0.3) is 0 Å². The first kappa shape index (κ1) is 15.1. The number of nitrogens with zero attached hydrogens (tertiary/aromatic N) is 2. The lowest BCUT2D eigenvalue weighted by atomic mass is 10.2. The Kier molecular flexibility index (Phi) is 5.26. The molecule has 4 heteroatoms. The molecule has 1 aromatic carbocycles. The van der Waals surface area contributed by atoms with Gasteiger partial charge >= 0.3 is 0 Å². The fraction of sp³-hybridized carbons (Fsp3) is 0.625. The summed E-state index contributed by atoms with van der Waals surface area (Å²) in [4.78, 5) is 4.52. The summed E-state index contributed by atoms with van der Waals surface area (Å²) in [6.07, 6.45) is 1.21. The van der Waals surface area contributed by atoms with Gasteiger partial charge in [0.15, 0.2) is 0 Å². The first-order chi connectivity index (χ1) is 9.54. The van der Waals surface area contributed by atoms with Gasteiger partial charge in [0, 0.05) is 30.9 Å². The zero-order valence-corrected chi connectivity index (χ0v) is 13.1. The number of anilines is 1. The van der Waals surface area contributed by atoms with Crippen LogP contribution in [0.2, 0.25) is 0 Å². The molecule has 0 radical (unpaired) electrons. The van der Waals surface area contributed by atoms with E-state index in [1.807, 2.05) is 12.1 Å². The molecule has 2 rings (SSSR count). The smallest absolute Gasteiger partial charge is 0.119 e. The molecule has 1 aromatic rings. The summed E-state index contributed by atoms with van der Waals surface area (Å²) in [6, 6.07) is 9.51. The van der Waals surface area contributed by atoms with E-state index in [2.05, 4.69) is 55.3 Å². The van der Waals surface area contributed by atoms with Gasteiger partial charge < -0.3 is 19.9 Å². The van der Waals surface area contributed by atoms with E-state index in [4.69, 9.17) is 4.74 Å². The number of rotatable bonds is 6. The molecular weight excluding hydrogens is 250 g/mol. The van der Waals surface area contributed by atoms with E-state index in [9.17, 15) is 0 Å². The van der Waals surface area contributed by atoms with Gasteiger partial charge in [-0.05, 0) is 58.8 Å². The Morgan fingerprint density at radius 1 is 1.30 bits per heavy atom. The molecule has 1 N–H and O–H groups in total. The topological polar surface area (TPSA) is 27.7 Å². The molecular formula is C16H27N3O. The second-order valence-electron chi connectivity index (χ2n) is 6.04. The second kappa shape index (κ2) is 6.95. The van der Waals surface area contributed by atoms with Gasteiger partial charge in [-0.3, -0.25) is 0 Å². The molecule has 0 saturated carbocycles. The lowest BCUT2D eigenvalue weighted by Gasteiger charge is -2.15. The predicted molar refractivity (Wildman–Crippen MR) is 84.6 cm³/mol. The standard InChI is InChI=1S/C16H27N3O/c1-13-11-15(12-19(13)4)17-14-5-7-16(8-6-14)20-10-9-18(2)3/h5-8,13,15,17H,9-12H2,1-4H3. The van der Waals surface area contributed by atoms with Crippen molar-refractivity contribution < 1.29 is 4.74 Å². The quantitative estimate of drug-likeness (QED) is 0.862. The average Bonchev–Trinajstić information content (AvgIpc) is 2.70. The highest BCUT2D eigenvalue weighted by atomic mass is 16.5. The molecule has 0 amide bonds. The normalized spacial score (nSPS) is 23.2. The molecule has 0 aliphatic carbocycles. The molecule has 4 nitrogen and oxygen atoms in total. The summed E-state index contributed by atoms with van der Waals surface area (Å²) in [5, 5.41) is 3.60. The molecule has 0 bridgehead atoms. The Bertz CT molecular complexity index is 395. The van der Waals surface area contributed by atoms with Crippen molar-refractivity contribution in [2.45, 2.75) is 25.4 Å². The largest absolute Gasteiger partial charge is 0.492 e. The van der Waals surface area contributed by atoms with Crippen LogP contribution in [0.15, 0.2) is 24.3 Å². The van der Waals surface area contributed by atoms with Crippen molar-refractivity contribution in [1.29, 1.82) is 0 Å². The van der Waals surface area contributed by atoms with Crippen molar-refractivity contribution in [3.63, 3.8) is 0 Å². The van der Waals surface area contributed by atoms with Crippen LogP contribution in [-0.4, -0.2) is 62.7 Å². The maximum absolute atomic E-state index is 5.70. The zero-order valence-electron chi connectivity index (χ0n) is 13.1. The van der Waals surface area contributed by atoms with Crippen LogP contribution in [0, 0.1) is 0 Å². The summed E-state index contributed by atoms with van der Waals surface area (Å²) < 4.78 is 5.70. The molecule has 112 valence electrons. The molecule has 0 aromatic heterocycles. The van der Waals surface area contributed by atoms with Gasteiger partial charge in [0.1, 0.15) is 12.4 Å². The summed E-state index contributed by atoms with van der Waals surface area (Å²) in [7, 11) is 6.29. The minimum Gasteiger partial charge on any atom is -0.492 e. The Balaban J connectivity index is 1.79. The second-order valence-corrected chi connectivity index (χ2v) is 6.04. The highest BCUT2D eigenvalue weighted by molar-refractivity contribution is 5.47. The number of ether oxygens (including phenoxy) is 1. The Labute approximate surface area is 122 Å². The van der Waals surface area contributed by atoms with Crippen LogP contribution in [0.4, 0.5) is 5.69 Å². The van der Waals surface area contributed by atoms with Crippen molar-refractivity contribution in [3.8, 4) is 5.75 Å². The molecule has 20 heavy (non-hydrogen) atoms. The Hall–Kier alpha value is -1.26. The first-order valence-corrected chi connectivity index (χ1v) is 7.39. The minimum absolute atomic E-state index is 0.551. The van der Waals surface area contributed by atoms with E-state index in [1.54, 1.807) is 0 Å². The fourth-order valence-corrected chi connectivity index (χ4v) is 2.53. The van der Waals surface area contributed by atoms with Crippen molar-refractivity contribution in [1.82, 2.24) is 9.80 Å². The summed E-state index contributed by atoms with van der Waals surface area (Å²) in [5.41, 5.74) is 1.18. The predicted octanol–water partition coefficient (Wildman–Crippen LogP) is 2.13. The van der Waals surface area contributed by atoms with Crippen molar-refractivity contribution in [3.05, 3.63) is 24.3 Å². The highest BCUT2D eigenvalue weighted by Crippen LogP contribution is 2.21. The van der Waals surface area contributed by atoms with Gasteiger partial charge in [-0.1, -0.05) is 0 Å². The van der Waals surface area contributed by atoms with Gasteiger partial charge in [-0.15, -0.1) is 0 Å². The van der Waals surface area contributed by atoms with Crippen molar-refractivity contribution in [2.24, 2.45) is 0 Å². The number of benzene rings is 1. The number of nitrogens with one attached hydrogen (secondary N) is 1. The molecule has 1 aliphatic rings. The van der Waals surface area contributed by atoms with E-state index in [-0.39, 0.29) is 0 Å². The Morgan fingerprint density at radius 2 is 2.00 bits per heavy atom. The number of hydrogen-bond donors (Lipinski definition) is 1. The third-order valence-corrected chi connectivity index (χ3v) is 3.92. The van der Waals surface area contributed by atoms with Crippen LogP contribution < -0.4 is 10.1 Å². The minimum atomic E-state index is 0.551. The molecule has 1 saturated heterocycles. The number of likely N-dealkylation sites (tertiary alicyclic amines) is 1. The van der Waals surface area contributed by atoms with Crippen LogP contribution in [0.25, 0.3) is 0 Å². The van der Waals surface area contributed by atoms with Crippen LogP contribution in [0.5, 0.6) is 5.75 Å². The fourth-order valence-electron chi connectivity index (χ4n) is 2.53. The van der Waals surface area contributed by atoms with Gasteiger partial charge in [0.2, 0.25) is 0 Å². The maximum atomic E-state index is 5.70. The monoisotopic (exact) mass is 277 g/mol. The first-order valence-electron chi connectivity index (χ1n) is 7.39. The Morgan fingerprint density at radius 3 is 2.55 bits per heavy atom. The number of likely N-dealkylation sites (N-methyl/N-ethyl adjacent to an activating group) is 2. The molecule has 1 fully saturated rings. The zero-order chi connectivity index (χ0) is 14.5. The van der Waals surface area contributed by atoms with Gasteiger partial charge in [-0.2, -0.15) is 0 Å². The summed E-state index contributed by atoms with van der Waals surface area (Å²) in [5.74, 6) is 0.939. The van der Waals surface area contributed by atoms with E-state index < -0.39 is 0 Å². The highest BCUT2D eigenvalue weighted by Gasteiger charge is 2.25. The molecule has 2 unspecified atom stereocenters. The van der Waals surface area contributed by atoms with E-state index in [0.29, 0.717) is 12.1 Å². The van der Waals surface area contributed by atoms with Gasteiger partial charge in [-0.25, -0.2) is 0 Å². The average molecular weight is 277 g/mol. The molecule has 1 aliphatic heterocycles. The number of hydrogen-bond acceptors (Lipinski definition) is 4. The van der Waals surface area contributed by atoms with Crippen LogP contribution >= 0.6 is 0 Å². The van der Waals surface area contributed by atoms with E-state index in [1.165, 1.54) is 12.1 Å². The van der Waals surface area contributed by atoms with E-state index >= 15 is 0 Å². The molecule has 0 spiro atoms. The molecule has 1 heterocycles. The summed E-state index contributed by atoms with van der Waals surface area (Å²) >= 11 is 0. The van der Waals surface area contributed by atoms with Crippen LogP contribution in [-0.2, 0) is 0 Å². The van der Waals surface area contributed by atoms with Crippen LogP contribution in [0.1, 0.15) is 13.3 Å².